The van der Waals surface area contributed by atoms with Gasteiger partial charge in [-0.15, -0.1) is 0 Å². The zero-order valence-corrected chi connectivity index (χ0v) is 24.2. The van der Waals surface area contributed by atoms with Crippen molar-refractivity contribution in [2.24, 2.45) is 16.7 Å². The van der Waals surface area contributed by atoms with Crippen LogP contribution in [0.3, 0.4) is 0 Å². The molecule has 1 heterocycles. The molecular weight excluding hydrogens is 528 g/mol. The van der Waals surface area contributed by atoms with Crippen LogP contribution >= 0.6 is 0 Å². The molecule has 2 saturated carbocycles. The minimum absolute atomic E-state index is 0.0211. The van der Waals surface area contributed by atoms with E-state index >= 15 is 0 Å². The highest BCUT2D eigenvalue weighted by molar-refractivity contribution is 5.69. The van der Waals surface area contributed by atoms with Crippen molar-refractivity contribution < 1.29 is 58.2 Å². The maximum Gasteiger partial charge on any atom is 0.303 e. The van der Waals surface area contributed by atoms with Crippen molar-refractivity contribution in [2.75, 3.05) is 6.61 Å². The van der Waals surface area contributed by atoms with Gasteiger partial charge in [-0.3, -0.25) is 19.2 Å². The van der Waals surface area contributed by atoms with Crippen molar-refractivity contribution in [3.8, 4) is 0 Å². The molecule has 3 fully saturated rings. The first-order valence-corrected chi connectivity index (χ1v) is 13.5. The summed E-state index contributed by atoms with van der Waals surface area (Å²) in [5, 5.41) is 35.2. The molecule has 10 atom stereocenters. The van der Waals surface area contributed by atoms with Crippen molar-refractivity contribution >= 4 is 23.9 Å². The van der Waals surface area contributed by atoms with E-state index in [1.807, 2.05) is 0 Å². The van der Waals surface area contributed by atoms with Crippen LogP contribution in [0.4, 0.5) is 0 Å². The molecule has 12 nitrogen and oxygen atoms in total. The van der Waals surface area contributed by atoms with Crippen molar-refractivity contribution in [1.29, 1.82) is 0 Å². The average Bonchev–Trinajstić information content (AvgIpc) is 3.03. The molecule has 0 amide bonds. The predicted molar refractivity (Wildman–Crippen MR) is 135 cm³/mol. The molecule has 0 aromatic heterocycles. The second kappa shape index (κ2) is 9.78. The molecule has 0 spiro atoms. The van der Waals surface area contributed by atoms with Crippen LogP contribution < -0.4 is 0 Å². The molecule has 3 N–H and O–H groups in total. The van der Waals surface area contributed by atoms with Gasteiger partial charge in [0.25, 0.3) is 0 Å². The number of ether oxygens (including phenoxy) is 5. The lowest BCUT2D eigenvalue weighted by Gasteiger charge is -2.65. The topological polar surface area (TPSA) is 175 Å². The summed E-state index contributed by atoms with van der Waals surface area (Å²) in [6.45, 7) is 10.8. The number of carbonyl (C=O) groups excluding carboxylic acids is 4. The fraction of sp³-hybridized carbons (Fsp3) is 0.786. The lowest BCUT2D eigenvalue weighted by atomic mass is 9.49. The molecule has 3 aliphatic carbocycles. The molecule has 40 heavy (non-hydrogen) atoms. The van der Waals surface area contributed by atoms with Gasteiger partial charge in [0.15, 0.2) is 5.60 Å². The molecule has 224 valence electrons. The SMILES string of the molecule is CC(=O)O[C@H]1C[C@H]2OC[C@@]2(OC(C)=O)[C@H]2[C@H](OC(C)=O)[C@@]3(C(C)(C)O)C[C@H](O)C(C)=C3[C@H](O)[C@@H](OC(C)=O)[C@@]12C. The van der Waals surface area contributed by atoms with E-state index in [1.54, 1.807) is 13.8 Å². The minimum Gasteiger partial charge on any atom is -0.462 e. The molecule has 0 radical (unpaired) electrons. The van der Waals surface area contributed by atoms with Crippen LogP contribution in [-0.4, -0.2) is 93.6 Å². The summed E-state index contributed by atoms with van der Waals surface area (Å²) in [6.07, 6.45) is -7.61. The molecule has 0 aromatic carbocycles. The van der Waals surface area contributed by atoms with Crippen molar-refractivity contribution in [3.63, 3.8) is 0 Å². The van der Waals surface area contributed by atoms with E-state index in [0.29, 0.717) is 5.57 Å². The van der Waals surface area contributed by atoms with E-state index in [2.05, 4.69) is 0 Å². The highest BCUT2D eigenvalue weighted by Gasteiger charge is 2.80. The molecule has 4 rings (SSSR count). The Labute approximate surface area is 232 Å². The third kappa shape index (κ3) is 4.17. The Hall–Kier alpha value is -2.54. The summed E-state index contributed by atoms with van der Waals surface area (Å²) < 4.78 is 29.6. The molecule has 1 saturated heterocycles. The number of hydrogen-bond donors (Lipinski definition) is 3. The van der Waals surface area contributed by atoms with Gasteiger partial charge in [0.05, 0.1) is 35.1 Å². The van der Waals surface area contributed by atoms with Gasteiger partial charge in [-0.05, 0) is 38.3 Å². The van der Waals surface area contributed by atoms with Gasteiger partial charge in [0.1, 0.15) is 30.5 Å². The Morgan fingerprint density at radius 2 is 1.48 bits per heavy atom. The number of carbonyl (C=O) groups is 4. The first kappa shape index (κ1) is 30.4. The first-order valence-electron chi connectivity index (χ1n) is 13.5. The number of aliphatic hydroxyl groups excluding tert-OH is 2. The molecule has 1 aliphatic heterocycles. The molecule has 0 bridgehead atoms. The van der Waals surface area contributed by atoms with Crippen LogP contribution in [0.2, 0.25) is 0 Å². The zero-order chi connectivity index (χ0) is 30.2. The fourth-order valence-electron chi connectivity index (χ4n) is 8.13. The number of hydrogen-bond acceptors (Lipinski definition) is 12. The van der Waals surface area contributed by atoms with Gasteiger partial charge in [-0.25, -0.2) is 0 Å². The predicted octanol–water partition coefficient (Wildman–Crippen LogP) is 0.721. The van der Waals surface area contributed by atoms with Crippen LogP contribution in [0.15, 0.2) is 11.1 Å². The fourth-order valence-corrected chi connectivity index (χ4v) is 8.13. The highest BCUT2D eigenvalue weighted by Crippen LogP contribution is 2.68. The van der Waals surface area contributed by atoms with Gasteiger partial charge in [0, 0.05) is 34.1 Å². The highest BCUT2D eigenvalue weighted by atomic mass is 16.6. The average molecular weight is 569 g/mol. The molecule has 0 aromatic rings. The lowest BCUT2D eigenvalue weighted by Crippen LogP contribution is -2.79. The van der Waals surface area contributed by atoms with Crippen LogP contribution in [-0.2, 0) is 42.9 Å². The summed E-state index contributed by atoms with van der Waals surface area (Å²) in [6, 6.07) is 0. The van der Waals surface area contributed by atoms with Crippen LogP contribution in [0.1, 0.15) is 68.2 Å². The first-order chi connectivity index (χ1) is 18.3. The Morgan fingerprint density at radius 3 is 1.93 bits per heavy atom. The van der Waals surface area contributed by atoms with Crippen LogP contribution in [0.5, 0.6) is 0 Å². The number of fused-ring (bicyclic) bond motifs is 4. The Balaban J connectivity index is 2.17. The third-order valence-corrected chi connectivity index (χ3v) is 9.60. The van der Waals surface area contributed by atoms with Gasteiger partial charge in [-0.1, -0.05) is 6.92 Å². The third-order valence-electron chi connectivity index (χ3n) is 9.60. The second-order valence-electron chi connectivity index (χ2n) is 12.4. The van der Waals surface area contributed by atoms with E-state index in [-0.39, 0.29) is 25.0 Å². The standard InChI is InChI=1S/C28H40O12/c1-12-17(33)10-27(25(6,7)35)20(12)21(34)23(38-14(3)30)26(8)18(37-13(2)29)9-19-28(11-36-19,40-16(5)32)22(26)24(27)39-15(4)31/h17-19,21-24,33-35H,9-11H2,1-8H3/t17-,18-,19+,21-,22-,23+,24-,26-,27+,28-/m0/s1. The quantitative estimate of drug-likeness (QED) is 0.241. The van der Waals surface area contributed by atoms with E-state index in [1.165, 1.54) is 34.6 Å². The van der Waals surface area contributed by atoms with E-state index in [4.69, 9.17) is 23.7 Å². The maximum absolute atomic E-state index is 12.8. The van der Waals surface area contributed by atoms with Gasteiger partial charge in [0.2, 0.25) is 0 Å². The van der Waals surface area contributed by atoms with E-state index < -0.39 is 88.5 Å². The van der Waals surface area contributed by atoms with E-state index in [0.717, 1.165) is 6.92 Å². The lowest BCUT2D eigenvalue weighted by molar-refractivity contribution is -0.353. The maximum atomic E-state index is 12.8. The van der Waals surface area contributed by atoms with Gasteiger partial charge >= 0.3 is 23.9 Å². The molecule has 12 heteroatoms. The smallest absolute Gasteiger partial charge is 0.303 e. The molecule has 0 unspecified atom stereocenters. The summed E-state index contributed by atoms with van der Waals surface area (Å²) in [5.74, 6) is -3.95. The molecule has 4 aliphatic rings. The van der Waals surface area contributed by atoms with E-state index in [9.17, 15) is 34.5 Å². The Morgan fingerprint density at radius 1 is 0.925 bits per heavy atom. The van der Waals surface area contributed by atoms with Crippen LogP contribution in [0.25, 0.3) is 0 Å². The summed E-state index contributed by atoms with van der Waals surface area (Å²) in [7, 11) is 0. The van der Waals surface area contributed by atoms with Gasteiger partial charge in [-0.2, -0.15) is 0 Å². The van der Waals surface area contributed by atoms with Crippen LogP contribution in [0, 0.1) is 16.7 Å². The normalized spacial score (nSPS) is 42.3. The second-order valence-corrected chi connectivity index (χ2v) is 12.4. The Bertz CT molecular complexity index is 1140. The zero-order valence-electron chi connectivity index (χ0n) is 24.2. The number of rotatable bonds is 5. The Kier molecular flexibility index (Phi) is 7.44. The number of aliphatic hydroxyl groups is 3. The van der Waals surface area contributed by atoms with Crippen molar-refractivity contribution in [2.45, 2.75) is 116 Å². The summed E-state index contributed by atoms with van der Waals surface area (Å²) in [4.78, 5) is 50.3. The number of esters is 4. The summed E-state index contributed by atoms with van der Waals surface area (Å²) in [5.41, 5.74) is -5.96. The van der Waals surface area contributed by atoms with Crippen molar-refractivity contribution in [3.05, 3.63) is 11.1 Å². The summed E-state index contributed by atoms with van der Waals surface area (Å²) >= 11 is 0. The largest absolute Gasteiger partial charge is 0.462 e. The van der Waals surface area contributed by atoms with Crippen molar-refractivity contribution in [1.82, 2.24) is 0 Å². The monoisotopic (exact) mass is 568 g/mol. The molecular formula is C28H40O12. The van der Waals surface area contributed by atoms with Gasteiger partial charge < -0.3 is 39.0 Å². The minimum atomic E-state index is -1.75.